The van der Waals surface area contributed by atoms with Crippen LogP contribution in [0, 0.1) is 0 Å². The zero-order valence-electron chi connectivity index (χ0n) is 13.9. The van der Waals surface area contributed by atoms with Gasteiger partial charge in [0.1, 0.15) is 12.4 Å². The molecule has 27 heavy (non-hydrogen) atoms. The Bertz CT molecular complexity index is 683. The predicted octanol–water partition coefficient (Wildman–Crippen LogP) is 2.02. The summed E-state index contributed by atoms with van der Waals surface area (Å²) >= 11 is 0. The van der Waals surface area contributed by atoms with Crippen LogP contribution in [0.3, 0.4) is 0 Å². The summed E-state index contributed by atoms with van der Waals surface area (Å²) in [5.41, 5.74) is -0.530. The molecule has 1 N–H and O–H groups in total. The van der Waals surface area contributed by atoms with Crippen molar-refractivity contribution in [3.63, 3.8) is 0 Å². The second-order valence-corrected chi connectivity index (χ2v) is 5.31. The topological polar surface area (TPSA) is 90.3 Å². The lowest BCUT2D eigenvalue weighted by molar-refractivity contribution is -0.176. The third-order valence-electron chi connectivity index (χ3n) is 3.18. The van der Waals surface area contributed by atoms with Gasteiger partial charge in [0, 0.05) is 18.3 Å². The monoisotopic (exact) mass is 403 g/mol. The number of unbranched alkanes of at least 4 members (excludes halogenated alkanes) is 1. The van der Waals surface area contributed by atoms with Gasteiger partial charge in [-0.05, 0) is 6.42 Å². The zero-order chi connectivity index (χ0) is 20.8. The van der Waals surface area contributed by atoms with Gasteiger partial charge in [-0.1, -0.05) is 13.3 Å². The van der Waals surface area contributed by atoms with E-state index in [9.17, 15) is 40.7 Å². The predicted molar refractivity (Wildman–Crippen MR) is 76.5 cm³/mol. The number of hydrogen-bond acceptors (Lipinski definition) is 5. The molecule has 1 aromatic rings. The number of imidazole rings is 1. The molecule has 1 rings (SSSR count). The van der Waals surface area contributed by atoms with E-state index in [1.165, 1.54) is 5.32 Å². The Morgan fingerprint density at radius 2 is 1.81 bits per heavy atom. The van der Waals surface area contributed by atoms with Crippen LogP contribution in [0.4, 0.5) is 26.3 Å². The van der Waals surface area contributed by atoms with Gasteiger partial charge in [-0.3, -0.25) is 14.2 Å². The standard InChI is InChI=1S/C14H15F6N3O4/c1-2-3-4-27-10(24)9(22-11(25)13(15,16)17)5-8-6-21-7-23(8)12(26)14(18,19)20/h6-7,9H,2-5H2,1H3,(H,22,25). The number of carbonyl (C=O) groups excluding carboxylic acids is 3. The number of esters is 1. The van der Waals surface area contributed by atoms with Crippen molar-refractivity contribution in [2.24, 2.45) is 0 Å². The number of carbonyl (C=O) groups is 3. The maximum absolute atomic E-state index is 12.6. The van der Waals surface area contributed by atoms with E-state index < -0.39 is 48.3 Å². The Balaban J connectivity index is 3.04. The molecule has 1 aromatic heterocycles. The van der Waals surface area contributed by atoms with Crippen molar-refractivity contribution < 1.29 is 45.5 Å². The highest BCUT2D eigenvalue weighted by molar-refractivity contribution is 5.88. The molecule has 0 aliphatic carbocycles. The summed E-state index contributed by atoms with van der Waals surface area (Å²) in [6.07, 6.45) is -9.23. The first-order valence-corrected chi connectivity index (χ1v) is 7.55. The van der Waals surface area contributed by atoms with Gasteiger partial charge < -0.3 is 10.1 Å². The molecule has 1 atom stereocenters. The number of halogens is 6. The van der Waals surface area contributed by atoms with Crippen LogP contribution in [0.1, 0.15) is 30.3 Å². The average molecular weight is 403 g/mol. The van der Waals surface area contributed by atoms with E-state index in [0.717, 1.165) is 6.20 Å². The minimum Gasteiger partial charge on any atom is -0.464 e. The number of nitrogens with zero attached hydrogens (tertiary/aromatic N) is 2. The third kappa shape index (κ3) is 6.57. The molecule has 0 spiro atoms. The van der Waals surface area contributed by atoms with E-state index in [1.54, 1.807) is 6.92 Å². The summed E-state index contributed by atoms with van der Waals surface area (Å²) in [6.45, 7) is 1.59. The highest BCUT2D eigenvalue weighted by atomic mass is 19.4. The number of amides is 1. The van der Waals surface area contributed by atoms with Crippen LogP contribution in [0.5, 0.6) is 0 Å². The highest BCUT2D eigenvalue weighted by Crippen LogP contribution is 2.20. The summed E-state index contributed by atoms with van der Waals surface area (Å²) in [5.74, 6) is -6.11. The van der Waals surface area contributed by atoms with Crippen molar-refractivity contribution >= 4 is 17.8 Å². The molecule has 0 radical (unpaired) electrons. The first-order chi connectivity index (χ1) is 12.4. The van der Waals surface area contributed by atoms with Crippen LogP contribution in [0.15, 0.2) is 12.5 Å². The van der Waals surface area contributed by atoms with Crippen LogP contribution < -0.4 is 5.32 Å². The number of aromatic nitrogens is 2. The first kappa shape index (κ1) is 22.4. The summed E-state index contributed by atoms with van der Waals surface area (Å²) < 4.78 is 79.7. The smallest absolute Gasteiger partial charge is 0.464 e. The normalized spacial score (nSPS) is 13.1. The minimum absolute atomic E-state index is 0.0338. The fourth-order valence-electron chi connectivity index (χ4n) is 1.85. The molecular weight excluding hydrogens is 388 g/mol. The van der Waals surface area contributed by atoms with E-state index in [0.29, 0.717) is 19.2 Å². The summed E-state index contributed by atoms with van der Waals surface area (Å²) in [7, 11) is 0. The van der Waals surface area contributed by atoms with E-state index >= 15 is 0 Å². The van der Waals surface area contributed by atoms with Crippen LogP contribution in [-0.4, -0.2) is 52.3 Å². The minimum atomic E-state index is -5.33. The average Bonchev–Trinajstić information content (AvgIpc) is 2.99. The van der Waals surface area contributed by atoms with E-state index in [1.807, 2.05) is 0 Å². The number of hydrogen-bond donors (Lipinski definition) is 1. The van der Waals surface area contributed by atoms with Gasteiger partial charge in [-0.15, -0.1) is 0 Å². The van der Waals surface area contributed by atoms with Crippen LogP contribution >= 0.6 is 0 Å². The molecule has 0 aliphatic rings. The van der Waals surface area contributed by atoms with Gasteiger partial charge in [0.15, 0.2) is 0 Å². The molecule has 0 fully saturated rings. The molecule has 0 saturated heterocycles. The van der Waals surface area contributed by atoms with Gasteiger partial charge in [-0.25, -0.2) is 9.78 Å². The number of nitrogens with one attached hydrogen (secondary N) is 1. The zero-order valence-corrected chi connectivity index (χ0v) is 13.9. The Labute approximate surface area is 148 Å². The fourth-order valence-corrected chi connectivity index (χ4v) is 1.85. The van der Waals surface area contributed by atoms with Gasteiger partial charge in [0.05, 0.1) is 6.61 Å². The molecule has 0 aromatic carbocycles. The molecule has 0 bridgehead atoms. The van der Waals surface area contributed by atoms with Gasteiger partial charge in [0.2, 0.25) is 0 Å². The number of alkyl halides is 6. The molecule has 1 amide bonds. The molecular formula is C14H15F6N3O4. The molecule has 13 heteroatoms. The molecule has 1 heterocycles. The number of ether oxygens (including phenoxy) is 1. The summed E-state index contributed by atoms with van der Waals surface area (Å²) in [5, 5.41) is 1.35. The molecule has 152 valence electrons. The van der Waals surface area contributed by atoms with Crippen molar-refractivity contribution in [3.8, 4) is 0 Å². The summed E-state index contributed by atoms with van der Waals surface area (Å²) in [6, 6.07) is -1.97. The highest BCUT2D eigenvalue weighted by Gasteiger charge is 2.43. The fraction of sp³-hybridized carbons (Fsp3) is 0.571. The molecule has 7 nitrogen and oxygen atoms in total. The second-order valence-electron chi connectivity index (χ2n) is 5.31. The van der Waals surface area contributed by atoms with Crippen molar-refractivity contribution in [3.05, 3.63) is 18.2 Å². The largest absolute Gasteiger partial charge is 0.472 e. The van der Waals surface area contributed by atoms with Gasteiger partial charge in [0.25, 0.3) is 0 Å². The number of rotatable bonds is 7. The van der Waals surface area contributed by atoms with Crippen molar-refractivity contribution in [2.45, 2.75) is 44.6 Å². The molecule has 0 saturated carbocycles. The van der Waals surface area contributed by atoms with E-state index in [4.69, 9.17) is 4.74 Å². The van der Waals surface area contributed by atoms with Crippen LogP contribution in [0.2, 0.25) is 0 Å². The Morgan fingerprint density at radius 3 is 2.33 bits per heavy atom. The van der Waals surface area contributed by atoms with Crippen LogP contribution in [0.25, 0.3) is 0 Å². The molecule has 0 aliphatic heterocycles. The second kappa shape index (κ2) is 8.86. The Hall–Kier alpha value is -2.60. The van der Waals surface area contributed by atoms with Gasteiger partial charge >= 0.3 is 30.1 Å². The maximum atomic E-state index is 12.6. The first-order valence-electron chi connectivity index (χ1n) is 7.55. The van der Waals surface area contributed by atoms with E-state index in [2.05, 4.69) is 4.98 Å². The van der Waals surface area contributed by atoms with Crippen molar-refractivity contribution in [1.82, 2.24) is 14.9 Å². The maximum Gasteiger partial charge on any atom is 0.472 e. The molecule has 1 unspecified atom stereocenters. The lowest BCUT2D eigenvalue weighted by Gasteiger charge is -2.19. The van der Waals surface area contributed by atoms with E-state index in [-0.39, 0.29) is 11.2 Å². The third-order valence-corrected chi connectivity index (χ3v) is 3.18. The lowest BCUT2D eigenvalue weighted by Crippen LogP contribution is -2.49. The quantitative estimate of drug-likeness (QED) is 0.427. The Kier molecular flexibility index (Phi) is 7.37. The lowest BCUT2D eigenvalue weighted by atomic mass is 10.1. The van der Waals surface area contributed by atoms with Crippen molar-refractivity contribution in [2.75, 3.05) is 6.61 Å². The van der Waals surface area contributed by atoms with Crippen LogP contribution in [-0.2, 0) is 20.7 Å². The SMILES string of the molecule is CCCCOC(=O)C(Cc1cncn1C(=O)C(F)(F)F)NC(=O)C(F)(F)F. The van der Waals surface area contributed by atoms with Gasteiger partial charge in [-0.2, -0.15) is 26.3 Å². The summed E-state index contributed by atoms with van der Waals surface area (Å²) in [4.78, 5) is 37.7. The van der Waals surface area contributed by atoms with Crippen molar-refractivity contribution in [1.29, 1.82) is 0 Å². The Morgan fingerprint density at radius 1 is 1.19 bits per heavy atom.